The molecule has 0 saturated carbocycles. The molecular weight excluding hydrogens is 156 g/mol. The molecule has 0 atom stereocenters. The second-order valence-corrected chi connectivity index (χ2v) is 2.22. The standard InChI is InChI=1S/C8H12N2O2/c1-4-6-7(11-2)9-5-10-8(6)12-3/h5H,4H2,1-3H3. The molecule has 66 valence electrons. The molecule has 1 heterocycles. The summed E-state index contributed by atoms with van der Waals surface area (Å²) in [5.41, 5.74) is 0.905. The van der Waals surface area contributed by atoms with Crippen molar-refractivity contribution in [3.63, 3.8) is 0 Å². The molecule has 1 rings (SSSR count). The first-order chi connectivity index (χ1) is 5.83. The molecule has 0 fully saturated rings. The molecule has 0 N–H and O–H groups in total. The Labute approximate surface area is 71.6 Å². The van der Waals surface area contributed by atoms with Gasteiger partial charge in [-0.15, -0.1) is 0 Å². The van der Waals surface area contributed by atoms with Crippen LogP contribution in [0.4, 0.5) is 0 Å². The molecule has 4 heteroatoms. The zero-order chi connectivity index (χ0) is 8.97. The van der Waals surface area contributed by atoms with Crippen LogP contribution in [0.3, 0.4) is 0 Å². The summed E-state index contributed by atoms with van der Waals surface area (Å²) >= 11 is 0. The monoisotopic (exact) mass is 168 g/mol. The maximum absolute atomic E-state index is 5.05. The highest BCUT2D eigenvalue weighted by Crippen LogP contribution is 2.23. The highest BCUT2D eigenvalue weighted by Gasteiger charge is 2.09. The van der Waals surface area contributed by atoms with Gasteiger partial charge in [-0.1, -0.05) is 6.92 Å². The topological polar surface area (TPSA) is 44.2 Å². The van der Waals surface area contributed by atoms with Crippen LogP contribution in [0.25, 0.3) is 0 Å². The summed E-state index contributed by atoms with van der Waals surface area (Å²) in [6, 6.07) is 0. The van der Waals surface area contributed by atoms with Gasteiger partial charge in [0.2, 0.25) is 11.8 Å². The Morgan fingerprint density at radius 1 is 1.17 bits per heavy atom. The van der Waals surface area contributed by atoms with Gasteiger partial charge in [-0.2, -0.15) is 0 Å². The van der Waals surface area contributed by atoms with E-state index in [1.807, 2.05) is 6.92 Å². The van der Waals surface area contributed by atoms with Crippen LogP contribution in [-0.2, 0) is 6.42 Å². The number of rotatable bonds is 3. The molecule has 4 nitrogen and oxygen atoms in total. The largest absolute Gasteiger partial charge is 0.481 e. The summed E-state index contributed by atoms with van der Waals surface area (Å²) in [5, 5.41) is 0. The fraction of sp³-hybridized carbons (Fsp3) is 0.500. The first-order valence-corrected chi connectivity index (χ1v) is 3.75. The summed E-state index contributed by atoms with van der Waals surface area (Å²) in [4.78, 5) is 7.93. The van der Waals surface area contributed by atoms with Crippen LogP contribution >= 0.6 is 0 Å². The van der Waals surface area contributed by atoms with E-state index in [2.05, 4.69) is 9.97 Å². The first-order valence-electron chi connectivity index (χ1n) is 3.75. The molecule has 0 amide bonds. The molecule has 0 aromatic carbocycles. The second-order valence-electron chi connectivity index (χ2n) is 2.22. The van der Waals surface area contributed by atoms with Crippen molar-refractivity contribution in [2.45, 2.75) is 13.3 Å². The van der Waals surface area contributed by atoms with Crippen LogP contribution in [0.5, 0.6) is 11.8 Å². The second kappa shape index (κ2) is 3.90. The van der Waals surface area contributed by atoms with Gasteiger partial charge in [-0.25, -0.2) is 9.97 Å². The molecule has 1 aromatic heterocycles. The van der Waals surface area contributed by atoms with Crippen LogP contribution in [0.1, 0.15) is 12.5 Å². The number of hydrogen-bond donors (Lipinski definition) is 0. The third-order valence-corrected chi connectivity index (χ3v) is 1.61. The number of hydrogen-bond acceptors (Lipinski definition) is 4. The Morgan fingerprint density at radius 2 is 1.67 bits per heavy atom. The van der Waals surface area contributed by atoms with E-state index in [-0.39, 0.29) is 0 Å². The summed E-state index contributed by atoms with van der Waals surface area (Å²) in [6.45, 7) is 2.00. The van der Waals surface area contributed by atoms with Crippen molar-refractivity contribution < 1.29 is 9.47 Å². The van der Waals surface area contributed by atoms with E-state index in [4.69, 9.17) is 9.47 Å². The average Bonchev–Trinajstić information content (AvgIpc) is 2.16. The van der Waals surface area contributed by atoms with E-state index in [0.717, 1.165) is 12.0 Å². The molecule has 0 spiro atoms. The molecule has 0 radical (unpaired) electrons. The van der Waals surface area contributed by atoms with Gasteiger partial charge in [0.25, 0.3) is 0 Å². The Balaban J connectivity index is 3.13. The molecule has 0 aliphatic rings. The average molecular weight is 168 g/mol. The molecule has 0 saturated heterocycles. The minimum Gasteiger partial charge on any atom is -0.481 e. The van der Waals surface area contributed by atoms with E-state index < -0.39 is 0 Å². The summed E-state index contributed by atoms with van der Waals surface area (Å²) in [6.07, 6.45) is 2.23. The highest BCUT2D eigenvalue weighted by molar-refractivity contribution is 5.33. The highest BCUT2D eigenvalue weighted by atomic mass is 16.5. The normalized spacial score (nSPS) is 9.58. The quantitative estimate of drug-likeness (QED) is 0.676. The van der Waals surface area contributed by atoms with Gasteiger partial charge in [0, 0.05) is 0 Å². The molecular formula is C8H12N2O2. The van der Waals surface area contributed by atoms with Crippen LogP contribution < -0.4 is 9.47 Å². The molecule has 0 aliphatic carbocycles. The fourth-order valence-electron chi connectivity index (χ4n) is 1.04. The van der Waals surface area contributed by atoms with Crippen LogP contribution in [0, 0.1) is 0 Å². The van der Waals surface area contributed by atoms with Crippen molar-refractivity contribution in [3.05, 3.63) is 11.9 Å². The molecule has 1 aromatic rings. The molecule has 0 unspecified atom stereocenters. The minimum absolute atomic E-state index is 0.587. The van der Waals surface area contributed by atoms with Crippen molar-refractivity contribution in [2.75, 3.05) is 14.2 Å². The molecule has 0 bridgehead atoms. The van der Waals surface area contributed by atoms with Gasteiger partial charge in [0.05, 0.1) is 19.8 Å². The Morgan fingerprint density at radius 3 is 2.00 bits per heavy atom. The lowest BCUT2D eigenvalue weighted by molar-refractivity contribution is 0.363. The number of ether oxygens (including phenoxy) is 2. The minimum atomic E-state index is 0.587. The van der Waals surface area contributed by atoms with Gasteiger partial charge in [0.15, 0.2) is 0 Å². The van der Waals surface area contributed by atoms with Crippen LogP contribution in [0.2, 0.25) is 0 Å². The lowest BCUT2D eigenvalue weighted by Gasteiger charge is -2.07. The lowest BCUT2D eigenvalue weighted by Crippen LogP contribution is -1.99. The van der Waals surface area contributed by atoms with E-state index in [9.17, 15) is 0 Å². The van der Waals surface area contributed by atoms with Gasteiger partial charge < -0.3 is 9.47 Å². The molecule has 0 aliphatic heterocycles. The Kier molecular flexibility index (Phi) is 2.85. The summed E-state index contributed by atoms with van der Waals surface area (Å²) < 4.78 is 10.1. The zero-order valence-electron chi connectivity index (χ0n) is 7.50. The molecule has 12 heavy (non-hydrogen) atoms. The number of nitrogens with zero attached hydrogens (tertiary/aromatic N) is 2. The number of aromatic nitrogens is 2. The van der Waals surface area contributed by atoms with Crippen molar-refractivity contribution >= 4 is 0 Å². The summed E-state index contributed by atoms with van der Waals surface area (Å²) in [5.74, 6) is 1.17. The van der Waals surface area contributed by atoms with E-state index >= 15 is 0 Å². The predicted molar refractivity (Wildman–Crippen MR) is 44.5 cm³/mol. The van der Waals surface area contributed by atoms with Gasteiger partial charge in [-0.05, 0) is 6.42 Å². The smallest absolute Gasteiger partial charge is 0.223 e. The third kappa shape index (κ3) is 1.47. The van der Waals surface area contributed by atoms with E-state index in [1.165, 1.54) is 6.33 Å². The Hall–Kier alpha value is -1.32. The summed E-state index contributed by atoms with van der Waals surface area (Å²) in [7, 11) is 3.17. The maximum Gasteiger partial charge on any atom is 0.223 e. The van der Waals surface area contributed by atoms with E-state index in [0.29, 0.717) is 11.8 Å². The maximum atomic E-state index is 5.05. The third-order valence-electron chi connectivity index (χ3n) is 1.61. The zero-order valence-corrected chi connectivity index (χ0v) is 7.50. The Bertz CT molecular complexity index is 241. The SMILES string of the molecule is CCc1c(OC)ncnc1OC. The van der Waals surface area contributed by atoms with Gasteiger partial charge in [-0.3, -0.25) is 0 Å². The van der Waals surface area contributed by atoms with Crippen LogP contribution in [0.15, 0.2) is 6.33 Å². The van der Waals surface area contributed by atoms with E-state index in [1.54, 1.807) is 14.2 Å². The number of methoxy groups -OCH3 is 2. The van der Waals surface area contributed by atoms with Gasteiger partial charge >= 0.3 is 0 Å². The predicted octanol–water partition coefficient (Wildman–Crippen LogP) is 1.06. The lowest BCUT2D eigenvalue weighted by atomic mass is 10.2. The van der Waals surface area contributed by atoms with Crippen molar-refractivity contribution in [1.29, 1.82) is 0 Å². The van der Waals surface area contributed by atoms with Gasteiger partial charge in [0.1, 0.15) is 6.33 Å². The first kappa shape index (κ1) is 8.77. The van der Waals surface area contributed by atoms with Crippen molar-refractivity contribution in [3.8, 4) is 11.8 Å². The fourth-order valence-corrected chi connectivity index (χ4v) is 1.04. The van der Waals surface area contributed by atoms with Crippen molar-refractivity contribution in [1.82, 2.24) is 9.97 Å². The van der Waals surface area contributed by atoms with Crippen LogP contribution in [-0.4, -0.2) is 24.2 Å². The van der Waals surface area contributed by atoms with Crippen molar-refractivity contribution in [2.24, 2.45) is 0 Å².